The van der Waals surface area contributed by atoms with E-state index < -0.39 is 0 Å². The molecule has 6 heteroatoms. The van der Waals surface area contributed by atoms with Gasteiger partial charge in [-0.15, -0.1) is 6.58 Å². The lowest BCUT2D eigenvalue weighted by molar-refractivity contribution is 0.0778. The van der Waals surface area contributed by atoms with Crippen LogP contribution in [0.2, 0.25) is 0 Å². The van der Waals surface area contributed by atoms with Crippen molar-refractivity contribution in [1.82, 2.24) is 4.57 Å². The maximum absolute atomic E-state index is 12.4. The zero-order chi connectivity index (χ0) is 19.1. The summed E-state index contributed by atoms with van der Waals surface area (Å²) in [5.41, 5.74) is 3.34. The van der Waals surface area contributed by atoms with Crippen LogP contribution in [0.5, 0.6) is 11.5 Å². The molecule has 0 saturated carbocycles. The van der Waals surface area contributed by atoms with Gasteiger partial charge in [-0.3, -0.25) is 4.79 Å². The minimum Gasteiger partial charge on any atom is -0.493 e. The second-order valence-electron chi connectivity index (χ2n) is 5.73. The first kappa shape index (κ1) is 19.3. The van der Waals surface area contributed by atoms with E-state index in [-0.39, 0.29) is 12.4 Å². The summed E-state index contributed by atoms with van der Waals surface area (Å²) in [5.74, 6) is 1.12. The lowest BCUT2D eigenvalue weighted by Crippen LogP contribution is -2.09. The van der Waals surface area contributed by atoms with E-state index in [0.29, 0.717) is 23.6 Å². The highest BCUT2D eigenvalue weighted by Gasteiger charge is 2.15. The van der Waals surface area contributed by atoms with Crippen molar-refractivity contribution in [2.24, 2.45) is 5.16 Å². The largest absolute Gasteiger partial charge is 0.493 e. The first-order valence-corrected chi connectivity index (χ1v) is 8.20. The number of oxime groups is 1. The number of aromatic nitrogens is 1. The molecule has 0 amide bonds. The van der Waals surface area contributed by atoms with E-state index in [1.807, 2.05) is 30.5 Å². The molecule has 138 valence electrons. The summed E-state index contributed by atoms with van der Waals surface area (Å²) in [5, 5.41) is 3.87. The van der Waals surface area contributed by atoms with Crippen molar-refractivity contribution in [1.29, 1.82) is 0 Å². The standard InChI is InChI=1S/C20H24N2O4/c1-6-9-22-14(2)10-17(15(22)3)18(23)13-26-21-12-16-7-8-19(24-4)20(11-16)25-5/h6-8,10-12H,1,9,13H2,2-5H3/b21-12+. The van der Waals surface area contributed by atoms with Gasteiger partial charge >= 0.3 is 0 Å². The van der Waals surface area contributed by atoms with Gasteiger partial charge in [0.15, 0.2) is 18.1 Å². The first-order chi connectivity index (χ1) is 12.5. The van der Waals surface area contributed by atoms with Crippen LogP contribution < -0.4 is 9.47 Å². The molecule has 1 heterocycles. The zero-order valence-electron chi connectivity index (χ0n) is 15.6. The highest BCUT2D eigenvalue weighted by atomic mass is 16.6. The second-order valence-corrected chi connectivity index (χ2v) is 5.73. The number of carbonyl (C=O) groups excluding carboxylic acids is 1. The minimum absolute atomic E-state index is 0.113. The quantitative estimate of drug-likeness (QED) is 0.298. The van der Waals surface area contributed by atoms with Gasteiger partial charge in [-0.25, -0.2) is 0 Å². The molecule has 0 unspecified atom stereocenters. The summed E-state index contributed by atoms with van der Waals surface area (Å²) in [6.07, 6.45) is 3.33. The van der Waals surface area contributed by atoms with E-state index in [0.717, 1.165) is 17.0 Å². The zero-order valence-corrected chi connectivity index (χ0v) is 15.6. The molecule has 2 aromatic rings. The third-order valence-corrected chi connectivity index (χ3v) is 4.07. The van der Waals surface area contributed by atoms with Gasteiger partial charge in [0.2, 0.25) is 5.78 Å². The summed E-state index contributed by atoms with van der Waals surface area (Å²) in [6.45, 7) is 8.16. The summed E-state index contributed by atoms with van der Waals surface area (Å²) in [6, 6.07) is 7.23. The van der Waals surface area contributed by atoms with Crippen LogP contribution in [0.25, 0.3) is 0 Å². The normalized spacial score (nSPS) is 10.8. The van der Waals surface area contributed by atoms with E-state index in [4.69, 9.17) is 14.3 Å². The van der Waals surface area contributed by atoms with Gasteiger partial charge < -0.3 is 18.9 Å². The van der Waals surface area contributed by atoms with E-state index >= 15 is 0 Å². The third-order valence-electron chi connectivity index (χ3n) is 4.07. The van der Waals surface area contributed by atoms with E-state index in [1.165, 1.54) is 6.21 Å². The lowest BCUT2D eigenvalue weighted by atomic mass is 10.2. The third kappa shape index (κ3) is 4.33. The molecule has 0 aliphatic heterocycles. The number of aryl methyl sites for hydroxylation is 1. The van der Waals surface area contributed by atoms with Crippen molar-refractivity contribution in [3.05, 3.63) is 59.4 Å². The van der Waals surface area contributed by atoms with Gasteiger partial charge in [0, 0.05) is 29.1 Å². The molecule has 0 spiro atoms. The monoisotopic (exact) mass is 356 g/mol. The maximum Gasteiger partial charge on any atom is 0.204 e. The van der Waals surface area contributed by atoms with Gasteiger partial charge in [0.05, 0.1) is 20.4 Å². The molecule has 0 atom stereocenters. The Hall–Kier alpha value is -3.02. The predicted octanol–water partition coefficient (Wildman–Crippen LogP) is 3.54. The fourth-order valence-electron chi connectivity index (χ4n) is 2.70. The molecular weight excluding hydrogens is 332 g/mol. The fraction of sp³-hybridized carbons (Fsp3) is 0.300. The number of benzene rings is 1. The number of methoxy groups -OCH3 is 2. The summed E-state index contributed by atoms with van der Waals surface area (Å²) in [4.78, 5) is 17.5. The lowest BCUT2D eigenvalue weighted by Gasteiger charge is -2.07. The number of rotatable bonds is 9. The Morgan fingerprint density at radius 1 is 1.19 bits per heavy atom. The average molecular weight is 356 g/mol. The smallest absolute Gasteiger partial charge is 0.204 e. The van der Waals surface area contributed by atoms with E-state index in [1.54, 1.807) is 32.4 Å². The van der Waals surface area contributed by atoms with Crippen LogP contribution >= 0.6 is 0 Å². The van der Waals surface area contributed by atoms with Crippen molar-refractivity contribution in [2.75, 3.05) is 20.8 Å². The Kier molecular flexibility index (Phi) is 6.60. The SMILES string of the molecule is C=CCn1c(C)cc(C(=O)CO/N=C/c2ccc(OC)c(OC)c2)c1C. The van der Waals surface area contributed by atoms with Gasteiger partial charge in [0.25, 0.3) is 0 Å². The molecule has 2 rings (SSSR count). The number of allylic oxidation sites excluding steroid dienone is 1. The van der Waals surface area contributed by atoms with Crippen LogP contribution in [0, 0.1) is 13.8 Å². The molecule has 0 fully saturated rings. The van der Waals surface area contributed by atoms with Crippen LogP contribution in [0.15, 0.2) is 42.1 Å². The van der Waals surface area contributed by atoms with E-state index in [2.05, 4.69) is 11.7 Å². The summed E-state index contributed by atoms with van der Waals surface area (Å²) in [7, 11) is 3.14. The molecule has 0 aliphatic carbocycles. The van der Waals surface area contributed by atoms with Gasteiger partial charge in [-0.05, 0) is 38.1 Å². The number of nitrogens with zero attached hydrogens (tertiary/aromatic N) is 2. The molecule has 6 nitrogen and oxygen atoms in total. The Bertz CT molecular complexity index is 821. The molecule has 0 radical (unpaired) electrons. The summed E-state index contributed by atoms with van der Waals surface area (Å²) < 4.78 is 12.5. The van der Waals surface area contributed by atoms with Crippen LogP contribution in [0.1, 0.15) is 27.3 Å². The van der Waals surface area contributed by atoms with Gasteiger partial charge in [-0.1, -0.05) is 11.2 Å². The van der Waals surface area contributed by atoms with Gasteiger partial charge in [0.1, 0.15) is 0 Å². The molecule has 0 aliphatic rings. The molecule has 0 bridgehead atoms. The molecule has 1 aromatic carbocycles. The summed E-state index contributed by atoms with van der Waals surface area (Å²) >= 11 is 0. The van der Waals surface area contributed by atoms with Crippen LogP contribution in [0.3, 0.4) is 0 Å². The highest BCUT2D eigenvalue weighted by Crippen LogP contribution is 2.26. The number of carbonyl (C=O) groups is 1. The molecule has 0 saturated heterocycles. The number of ether oxygens (including phenoxy) is 2. The fourth-order valence-corrected chi connectivity index (χ4v) is 2.70. The predicted molar refractivity (Wildman–Crippen MR) is 102 cm³/mol. The second kappa shape index (κ2) is 8.89. The van der Waals surface area contributed by atoms with Crippen molar-refractivity contribution >= 4 is 12.0 Å². The molecule has 0 N–H and O–H groups in total. The Morgan fingerprint density at radius 2 is 1.92 bits per heavy atom. The minimum atomic E-state index is -0.123. The topological polar surface area (TPSA) is 62.1 Å². The molecule has 1 aromatic heterocycles. The first-order valence-electron chi connectivity index (χ1n) is 8.20. The highest BCUT2D eigenvalue weighted by molar-refractivity contribution is 5.98. The van der Waals surface area contributed by atoms with Crippen molar-refractivity contribution in [2.45, 2.75) is 20.4 Å². The Balaban J connectivity index is 1.99. The number of ketones is 1. The average Bonchev–Trinajstić information content (AvgIpc) is 2.93. The van der Waals surface area contributed by atoms with Crippen molar-refractivity contribution in [3.63, 3.8) is 0 Å². The Morgan fingerprint density at radius 3 is 2.58 bits per heavy atom. The van der Waals surface area contributed by atoms with Crippen LogP contribution in [-0.4, -0.2) is 37.4 Å². The van der Waals surface area contributed by atoms with E-state index in [9.17, 15) is 4.79 Å². The number of hydrogen-bond donors (Lipinski definition) is 0. The van der Waals surface area contributed by atoms with Crippen LogP contribution in [-0.2, 0) is 11.4 Å². The molecule has 26 heavy (non-hydrogen) atoms. The number of hydrogen-bond acceptors (Lipinski definition) is 5. The van der Waals surface area contributed by atoms with Gasteiger partial charge in [-0.2, -0.15) is 0 Å². The number of Topliss-reactive ketones (excluding diaryl/α,β-unsaturated/α-hetero) is 1. The van der Waals surface area contributed by atoms with Crippen molar-refractivity contribution < 1.29 is 19.1 Å². The van der Waals surface area contributed by atoms with Crippen LogP contribution in [0.4, 0.5) is 0 Å². The molecular formula is C20H24N2O4. The Labute approximate surface area is 153 Å². The maximum atomic E-state index is 12.4. The van der Waals surface area contributed by atoms with Crippen molar-refractivity contribution in [3.8, 4) is 11.5 Å².